The Morgan fingerprint density at radius 2 is 1.79 bits per heavy atom. The second-order valence-electron chi connectivity index (χ2n) is 8.22. The summed E-state index contributed by atoms with van der Waals surface area (Å²) < 4.78 is 11.1. The van der Waals surface area contributed by atoms with Gasteiger partial charge in [-0.25, -0.2) is 0 Å². The quantitative estimate of drug-likeness (QED) is 0.330. The summed E-state index contributed by atoms with van der Waals surface area (Å²) in [7, 11) is 4.28. The first-order chi connectivity index (χ1) is 13.6. The number of hydrogen-bond donors (Lipinski definition) is 1. The molecule has 1 N–H and O–H groups in total. The summed E-state index contributed by atoms with van der Waals surface area (Å²) in [6, 6.07) is 0. The van der Waals surface area contributed by atoms with E-state index < -0.39 is 0 Å². The minimum atomic E-state index is -0.220. The number of hydrogen-bond acceptors (Lipinski definition) is 5. The zero-order chi connectivity index (χ0) is 20.0. The van der Waals surface area contributed by atoms with Crippen LogP contribution in [0.15, 0.2) is 4.99 Å². The van der Waals surface area contributed by atoms with Gasteiger partial charge in [0.15, 0.2) is 5.96 Å². The van der Waals surface area contributed by atoms with E-state index in [1.165, 1.54) is 0 Å². The van der Waals surface area contributed by atoms with E-state index >= 15 is 0 Å². The molecule has 8 nitrogen and oxygen atoms in total. The van der Waals surface area contributed by atoms with Crippen molar-refractivity contribution in [3.63, 3.8) is 0 Å². The van der Waals surface area contributed by atoms with E-state index in [9.17, 15) is 4.79 Å². The summed E-state index contributed by atoms with van der Waals surface area (Å²) in [5.74, 6) is 1.12. The molecule has 0 saturated carbocycles. The lowest BCUT2D eigenvalue weighted by molar-refractivity contribution is -0.142. The van der Waals surface area contributed by atoms with Crippen molar-refractivity contribution in [3.05, 3.63) is 0 Å². The Morgan fingerprint density at radius 1 is 1.14 bits per heavy atom. The molecular formula is C20H38IN5O3. The molecule has 3 heterocycles. The Hall–Kier alpha value is -0.650. The van der Waals surface area contributed by atoms with Crippen LogP contribution < -0.4 is 5.32 Å². The fraction of sp³-hybridized carbons (Fsp3) is 0.900. The van der Waals surface area contributed by atoms with Gasteiger partial charge in [-0.1, -0.05) is 0 Å². The van der Waals surface area contributed by atoms with Crippen molar-refractivity contribution in [2.24, 2.45) is 4.99 Å². The van der Waals surface area contributed by atoms with E-state index in [4.69, 9.17) is 14.5 Å². The summed E-state index contributed by atoms with van der Waals surface area (Å²) >= 11 is 0. The number of guanidine groups is 1. The van der Waals surface area contributed by atoms with Gasteiger partial charge in [-0.05, 0) is 46.7 Å². The average Bonchev–Trinajstić information content (AvgIpc) is 3.26. The van der Waals surface area contributed by atoms with Crippen molar-refractivity contribution >= 4 is 35.8 Å². The third-order valence-corrected chi connectivity index (χ3v) is 6.33. The Labute approximate surface area is 192 Å². The number of likely N-dealkylation sites (N-methyl/N-ethyl adjacent to an activating group) is 1. The molecule has 1 unspecified atom stereocenters. The highest BCUT2D eigenvalue weighted by atomic mass is 127. The predicted octanol–water partition coefficient (Wildman–Crippen LogP) is 1.00. The van der Waals surface area contributed by atoms with Crippen LogP contribution in [0.2, 0.25) is 0 Å². The van der Waals surface area contributed by atoms with Crippen LogP contribution in [0.4, 0.5) is 0 Å². The molecule has 0 bridgehead atoms. The van der Waals surface area contributed by atoms with E-state index in [-0.39, 0.29) is 41.5 Å². The number of nitrogens with one attached hydrogen (secondary N) is 1. The number of amides is 1. The zero-order valence-electron chi connectivity index (χ0n) is 18.2. The molecule has 3 fully saturated rings. The van der Waals surface area contributed by atoms with Gasteiger partial charge in [0.25, 0.3) is 5.91 Å². The summed E-state index contributed by atoms with van der Waals surface area (Å²) in [5.41, 5.74) is 0.0660. The van der Waals surface area contributed by atoms with Crippen LogP contribution in [-0.2, 0) is 14.3 Å². The van der Waals surface area contributed by atoms with Crippen molar-refractivity contribution < 1.29 is 14.3 Å². The van der Waals surface area contributed by atoms with Crippen LogP contribution >= 0.6 is 24.0 Å². The minimum absolute atomic E-state index is 0. The number of ether oxygens (including phenoxy) is 2. The van der Waals surface area contributed by atoms with Gasteiger partial charge in [-0.3, -0.25) is 9.79 Å². The number of rotatable bonds is 5. The first-order valence-electron chi connectivity index (χ1n) is 10.7. The smallest absolute Gasteiger partial charge is 0.251 e. The molecule has 0 aliphatic carbocycles. The maximum absolute atomic E-state index is 12.6. The Balaban J connectivity index is 0.00000300. The summed E-state index contributed by atoms with van der Waals surface area (Å²) in [4.78, 5) is 24.1. The van der Waals surface area contributed by atoms with Gasteiger partial charge in [0.05, 0.1) is 6.54 Å². The topological polar surface area (TPSA) is 69.6 Å². The fourth-order valence-corrected chi connectivity index (χ4v) is 4.26. The van der Waals surface area contributed by atoms with Gasteiger partial charge in [0, 0.05) is 58.1 Å². The largest absolute Gasteiger partial charge is 0.381 e. The Morgan fingerprint density at radius 3 is 2.34 bits per heavy atom. The van der Waals surface area contributed by atoms with Crippen molar-refractivity contribution in [1.82, 2.24) is 20.0 Å². The maximum atomic E-state index is 12.6. The molecule has 0 radical (unpaired) electrons. The monoisotopic (exact) mass is 523 g/mol. The van der Waals surface area contributed by atoms with E-state index in [0.29, 0.717) is 6.61 Å². The van der Waals surface area contributed by atoms with Crippen molar-refractivity contribution in [3.8, 4) is 0 Å². The molecule has 0 aromatic rings. The minimum Gasteiger partial charge on any atom is -0.381 e. The number of carbonyl (C=O) groups is 1. The molecule has 168 valence electrons. The van der Waals surface area contributed by atoms with Crippen molar-refractivity contribution in [1.29, 1.82) is 0 Å². The number of aliphatic imine (C=N–C) groups is 1. The van der Waals surface area contributed by atoms with E-state index in [2.05, 4.69) is 36.1 Å². The van der Waals surface area contributed by atoms with Crippen LogP contribution in [-0.4, -0.2) is 111 Å². The highest BCUT2D eigenvalue weighted by molar-refractivity contribution is 14.0. The Kier molecular flexibility index (Phi) is 9.90. The van der Waals surface area contributed by atoms with E-state index in [1.54, 1.807) is 0 Å². The normalized spacial score (nSPS) is 25.1. The van der Waals surface area contributed by atoms with Gasteiger partial charge in [0.2, 0.25) is 0 Å². The fourth-order valence-electron chi connectivity index (χ4n) is 4.26. The first kappa shape index (κ1) is 24.6. The van der Waals surface area contributed by atoms with Gasteiger partial charge >= 0.3 is 0 Å². The average molecular weight is 523 g/mol. The highest BCUT2D eigenvalue weighted by Crippen LogP contribution is 2.26. The summed E-state index contributed by atoms with van der Waals surface area (Å²) in [6.45, 7) is 9.10. The van der Waals surface area contributed by atoms with E-state index in [1.807, 2.05) is 4.90 Å². The van der Waals surface area contributed by atoms with Crippen LogP contribution in [0.25, 0.3) is 0 Å². The van der Waals surface area contributed by atoms with Crippen LogP contribution in [0.1, 0.15) is 32.6 Å². The van der Waals surface area contributed by atoms with Gasteiger partial charge in [-0.2, -0.15) is 0 Å². The maximum Gasteiger partial charge on any atom is 0.251 e. The van der Waals surface area contributed by atoms with Crippen LogP contribution in [0, 0.1) is 0 Å². The molecule has 0 aromatic heterocycles. The molecule has 1 amide bonds. The van der Waals surface area contributed by atoms with E-state index in [0.717, 1.165) is 84.1 Å². The van der Waals surface area contributed by atoms with Crippen molar-refractivity contribution in [2.75, 3.05) is 73.2 Å². The van der Waals surface area contributed by atoms with Gasteiger partial charge < -0.3 is 29.5 Å². The first-order valence-corrected chi connectivity index (χ1v) is 10.7. The highest BCUT2D eigenvalue weighted by Gasteiger charge is 2.35. The van der Waals surface area contributed by atoms with Crippen LogP contribution in [0.5, 0.6) is 0 Å². The lowest BCUT2D eigenvalue weighted by atomic mass is 9.89. The molecule has 9 heteroatoms. The molecule has 3 rings (SSSR count). The third-order valence-electron chi connectivity index (χ3n) is 6.33. The zero-order valence-corrected chi connectivity index (χ0v) is 20.5. The summed E-state index contributed by atoms with van der Waals surface area (Å²) in [6.07, 6.45) is 3.65. The van der Waals surface area contributed by atoms with Crippen LogP contribution in [0.3, 0.4) is 0 Å². The number of halogens is 1. The second kappa shape index (κ2) is 11.7. The molecule has 1 atom stereocenters. The molecule has 3 aliphatic heterocycles. The molecule has 29 heavy (non-hydrogen) atoms. The Bertz CT molecular complexity index is 540. The van der Waals surface area contributed by atoms with Crippen molar-refractivity contribution in [2.45, 2.75) is 44.2 Å². The molecular weight excluding hydrogens is 485 g/mol. The molecule has 3 saturated heterocycles. The lowest BCUT2D eigenvalue weighted by Crippen LogP contribution is -2.56. The second-order valence-corrected chi connectivity index (χ2v) is 8.22. The molecule has 0 aromatic carbocycles. The van der Waals surface area contributed by atoms with Gasteiger partial charge in [-0.15, -0.1) is 24.0 Å². The standard InChI is InChI=1S/C20H37N5O3.HI/c1-4-21-19(22-16-20(23(2)3)7-14-27-15-8-20)25-11-9-24(10-12-25)18(26)17-6-5-13-28-17;/h17H,4-16H2,1-3H3,(H,21,22);1H. The lowest BCUT2D eigenvalue weighted by Gasteiger charge is -2.42. The molecule has 0 spiro atoms. The number of piperazine rings is 1. The number of nitrogens with zero attached hydrogens (tertiary/aromatic N) is 4. The predicted molar refractivity (Wildman–Crippen MR) is 125 cm³/mol. The summed E-state index contributed by atoms with van der Waals surface area (Å²) in [5, 5.41) is 3.45. The number of carbonyl (C=O) groups excluding carboxylic acids is 1. The molecule has 3 aliphatic rings. The SMILES string of the molecule is CCNC(=NCC1(N(C)C)CCOCC1)N1CCN(C(=O)C2CCCO2)CC1.I. The van der Waals surface area contributed by atoms with Gasteiger partial charge in [0.1, 0.15) is 6.10 Å². The third kappa shape index (κ3) is 6.18.